The number of nitrogens with zero attached hydrogens (tertiary/aromatic N) is 1. The van der Waals surface area contributed by atoms with E-state index in [2.05, 4.69) is 49.1 Å². The molecule has 0 aliphatic carbocycles. The second-order valence-corrected chi connectivity index (χ2v) is 8.85. The average molecular weight is 497 g/mol. The first-order valence-corrected chi connectivity index (χ1v) is 9.78. The SMILES string of the molecule is CC1CC(C)(C)CN(c2cc[c-]cc2S)CC1c1ccc(OC(F)(F)F)cc1.[Y]. The Bertz CT molecular complexity index is 810. The quantitative estimate of drug-likeness (QED) is 0.393. The van der Waals surface area contributed by atoms with Crippen LogP contribution in [0.3, 0.4) is 0 Å². The van der Waals surface area contributed by atoms with E-state index in [1.807, 2.05) is 18.2 Å². The Morgan fingerprint density at radius 2 is 1.83 bits per heavy atom. The average Bonchev–Trinajstić information content (AvgIpc) is 2.69. The van der Waals surface area contributed by atoms with Crippen molar-refractivity contribution in [3.05, 3.63) is 54.1 Å². The van der Waals surface area contributed by atoms with Gasteiger partial charge in [0.15, 0.2) is 0 Å². The van der Waals surface area contributed by atoms with Crippen molar-refractivity contribution in [1.29, 1.82) is 0 Å². The topological polar surface area (TPSA) is 12.5 Å². The molecule has 155 valence electrons. The van der Waals surface area contributed by atoms with E-state index in [0.29, 0.717) is 5.92 Å². The summed E-state index contributed by atoms with van der Waals surface area (Å²) in [7, 11) is 0. The number of hydrogen-bond acceptors (Lipinski definition) is 3. The van der Waals surface area contributed by atoms with E-state index in [4.69, 9.17) is 0 Å². The van der Waals surface area contributed by atoms with Gasteiger partial charge >= 0.3 is 6.36 Å². The Balaban J connectivity index is 0.00000300. The smallest absolute Gasteiger partial charge is 0.406 e. The normalized spacial score (nSPS) is 21.8. The maximum Gasteiger partial charge on any atom is 0.573 e. The van der Waals surface area contributed by atoms with Gasteiger partial charge in [-0.3, -0.25) is 0 Å². The molecule has 0 amide bonds. The Morgan fingerprint density at radius 3 is 2.41 bits per heavy atom. The van der Waals surface area contributed by atoms with E-state index in [1.165, 1.54) is 12.1 Å². The number of anilines is 1. The fourth-order valence-electron chi connectivity index (χ4n) is 4.29. The van der Waals surface area contributed by atoms with Crippen LogP contribution in [0.15, 0.2) is 47.4 Å². The molecule has 2 unspecified atom stereocenters. The van der Waals surface area contributed by atoms with Crippen LogP contribution in [-0.4, -0.2) is 19.5 Å². The van der Waals surface area contributed by atoms with Crippen molar-refractivity contribution in [1.82, 2.24) is 0 Å². The fourth-order valence-corrected chi connectivity index (χ4v) is 4.58. The van der Waals surface area contributed by atoms with E-state index in [-0.39, 0.29) is 49.8 Å². The van der Waals surface area contributed by atoms with Gasteiger partial charge < -0.3 is 9.64 Å². The number of thiol groups is 1. The first-order chi connectivity index (χ1) is 13.0. The van der Waals surface area contributed by atoms with E-state index >= 15 is 0 Å². The van der Waals surface area contributed by atoms with Crippen molar-refractivity contribution in [2.45, 2.75) is 44.4 Å². The van der Waals surface area contributed by atoms with Crippen molar-refractivity contribution in [2.75, 3.05) is 18.0 Å². The van der Waals surface area contributed by atoms with Crippen LogP contribution in [0.4, 0.5) is 18.9 Å². The summed E-state index contributed by atoms with van der Waals surface area (Å²) in [5.41, 5.74) is 2.19. The molecule has 2 aromatic rings. The second-order valence-electron chi connectivity index (χ2n) is 8.36. The van der Waals surface area contributed by atoms with E-state index in [9.17, 15) is 13.2 Å². The van der Waals surface area contributed by atoms with Gasteiger partial charge in [0, 0.05) is 51.7 Å². The maximum atomic E-state index is 12.4. The Labute approximate surface area is 201 Å². The first kappa shape index (κ1) is 24.6. The molecule has 2 aromatic carbocycles. The number of hydrogen-bond donors (Lipinski definition) is 1. The minimum absolute atomic E-state index is 0. The molecular weight excluding hydrogens is 472 g/mol. The minimum atomic E-state index is -4.68. The molecule has 1 aliphatic rings. The summed E-state index contributed by atoms with van der Waals surface area (Å²) >= 11 is 4.60. The molecule has 2 nitrogen and oxygen atoms in total. The van der Waals surface area contributed by atoms with Gasteiger partial charge in [-0.15, -0.1) is 19.2 Å². The molecule has 1 heterocycles. The number of benzene rings is 2. The molecule has 3 rings (SSSR count). The van der Waals surface area contributed by atoms with Crippen LogP contribution in [-0.2, 0) is 32.7 Å². The molecule has 0 spiro atoms. The van der Waals surface area contributed by atoms with Gasteiger partial charge in [0.25, 0.3) is 0 Å². The third-order valence-corrected chi connectivity index (χ3v) is 5.66. The largest absolute Gasteiger partial charge is 0.573 e. The van der Waals surface area contributed by atoms with Crippen molar-refractivity contribution in [2.24, 2.45) is 11.3 Å². The van der Waals surface area contributed by atoms with Crippen LogP contribution in [0.1, 0.15) is 38.7 Å². The maximum absolute atomic E-state index is 12.4. The molecule has 2 atom stereocenters. The van der Waals surface area contributed by atoms with E-state index < -0.39 is 6.36 Å². The van der Waals surface area contributed by atoms with Crippen LogP contribution < -0.4 is 9.64 Å². The molecule has 1 saturated heterocycles. The van der Waals surface area contributed by atoms with Crippen molar-refractivity contribution in [3.8, 4) is 5.75 Å². The third kappa shape index (κ3) is 6.63. The predicted octanol–water partition coefficient (Wildman–Crippen LogP) is 6.33. The van der Waals surface area contributed by atoms with Crippen LogP contribution in [0.2, 0.25) is 0 Å². The summed E-state index contributed by atoms with van der Waals surface area (Å²) in [4.78, 5) is 3.21. The second kappa shape index (κ2) is 9.61. The molecule has 7 heteroatoms. The zero-order valence-corrected chi connectivity index (χ0v) is 20.6. The first-order valence-electron chi connectivity index (χ1n) is 9.34. The number of halogens is 3. The van der Waals surface area contributed by atoms with Gasteiger partial charge in [-0.2, -0.15) is 18.2 Å². The van der Waals surface area contributed by atoms with Gasteiger partial charge in [0.2, 0.25) is 0 Å². The van der Waals surface area contributed by atoms with Crippen LogP contribution >= 0.6 is 12.6 Å². The van der Waals surface area contributed by atoms with Gasteiger partial charge in [-0.05, 0) is 35.4 Å². The number of rotatable bonds is 3. The molecule has 0 bridgehead atoms. The van der Waals surface area contributed by atoms with E-state index in [1.54, 1.807) is 12.1 Å². The minimum Gasteiger partial charge on any atom is -0.406 e. The van der Waals surface area contributed by atoms with E-state index in [0.717, 1.165) is 35.7 Å². The zero-order valence-electron chi connectivity index (χ0n) is 16.8. The summed E-state index contributed by atoms with van der Waals surface area (Å²) in [6.45, 7) is 8.40. The summed E-state index contributed by atoms with van der Waals surface area (Å²) in [5, 5.41) is 0. The molecular formula is C22H25F3NOSY-. The van der Waals surface area contributed by atoms with Gasteiger partial charge in [0.1, 0.15) is 5.75 Å². The fraction of sp³-hybridized carbons (Fsp3) is 0.455. The van der Waals surface area contributed by atoms with Gasteiger partial charge in [-0.1, -0.05) is 43.5 Å². The van der Waals surface area contributed by atoms with Crippen LogP contribution in [0.5, 0.6) is 5.75 Å². The van der Waals surface area contributed by atoms with Crippen molar-refractivity contribution >= 4 is 18.3 Å². The molecule has 0 saturated carbocycles. The predicted molar refractivity (Wildman–Crippen MR) is 108 cm³/mol. The number of ether oxygens (including phenoxy) is 1. The third-order valence-electron chi connectivity index (χ3n) is 5.30. The molecule has 1 aliphatic heterocycles. The summed E-state index contributed by atoms with van der Waals surface area (Å²) < 4.78 is 41.3. The standard InChI is InChI=1S/C22H25F3NOS.Y/c1-15-12-21(2,3)14-26(19-6-4-5-7-20(19)28)13-18(15)16-8-10-17(11-9-16)27-22(23,24)25;/h4,6-11,15,18,28H,12-14H2,1-3H3;/q-1;. The molecule has 1 fully saturated rings. The van der Waals surface area contributed by atoms with Crippen molar-refractivity contribution in [3.63, 3.8) is 0 Å². The monoisotopic (exact) mass is 497 g/mol. The zero-order chi connectivity index (χ0) is 20.5. The van der Waals surface area contributed by atoms with Crippen LogP contribution in [0.25, 0.3) is 0 Å². The Kier molecular flexibility index (Phi) is 8.14. The summed E-state index contributed by atoms with van der Waals surface area (Å²) in [6.07, 6.45) is -3.65. The van der Waals surface area contributed by atoms with Crippen molar-refractivity contribution < 1.29 is 50.6 Å². The Morgan fingerprint density at radius 1 is 1.17 bits per heavy atom. The molecule has 1 radical (unpaired) electrons. The van der Waals surface area contributed by atoms with Crippen LogP contribution in [0, 0.1) is 17.4 Å². The molecule has 29 heavy (non-hydrogen) atoms. The van der Waals surface area contributed by atoms with Gasteiger partial charge in [-0.25, -0.2) is 12.6 Å². The molecule has 0 aromatic heterocycles. The number of alkyl halides is 3. The molecule has 0 N–H and O–H groups in total. The van der Waals surface area contributed by atoms with Gasteiger partial charge in [0.05, 0.1) is 0 Å². The summed E-state index contributed by atoms with van der Waals surface area (Å²) in [6, 6.07) is 15.1. The Hall–Kier alpha value is -0.716. The summed E-state index contributed by atoms with van der Waals surface area (Å²) in [5.74, 6) is 0.387.